The van der Waals surface area contributed by atoms with Crippen LogP contribution in [-0.4, -0.2) is 9.78 Å². The maximum atomic E-state index is 6.58. The number of aryl methyl sites for hydroxylation is 1. The van der Waals surface area contributed by atoms with Crippen molar-refractivity contribution >= 4 is 11.6 Å². The predicted molar refractivity (Wildman–Crippen MR) is 38.5 cm³/mol. The summed E-state index contributed by atoms with van der Waals surface area (Å²) >= 11 is 5.65. The van der Waals surface area contributed by atoms with E-state index in [2.05, 4.69) is 9.94 Å². The molecule has 0 atom stereocenters. The van der Waals surface area contributed by atoms with Gasteiger partial charge in [0, 0.05) is 13.2 Å². The van der Waals surface area contributed by atoms with E-state index in [9.17, 15) is 0 Å². The van der Waals surface area contributed by atoms with E-state index in [0.717, 1.165) is 5.56 Å². The molecule has 0 unspecified atom stereocenters. The summed E-state index contributed by atoms with van der Waals surface area (Å²) in [5.41, 5.74) is 0.791. The summed E-state index contributed by atoms with van der Waals surface area (Å²) in [4.78, 5) is 3.19. The minimum atomic E-state index is 0.312. The molecule has 0 amide bonds. The van der Waals surface area contributed by atoms with Crippen molar-refractivity contribution in [1.29, 1.82) is 0 Å². The number of hydrogen-bond acceptors (Lipinski definition) is 1. The molecule has 1 rings (SSSR count). The van der Waals surface area contributed by atoms with Crippen LogP contribution < -0.4 is 0 Å². The molecule has 0 N–H and O–H groups in total. The van der Waals surface area contributed by atoms with Crippen LogP contribution in [0.4, 0.5) is 0 Å². The van der Waals surface area contributed by atoms with Crippen LogP contribution in [0.15, 0.2) is 6.20 Å². The molecule has 0 aromatic carbocycles. The van der Waals surface area contributed by atoms with E-state index >= 15 is 0 Å². The maximum absolute atomic E-state index is 6.58. The van der Waals surface area contributed by atoms with E-state index in [-0.39, 0.29) is 0 Å². The van der Waals surface area contributed by atoms with Crippen LogP contribution in [0.3, 0.4) is 0 Å². The van der Waals surface area contributed by atoms with Crippen molar-refractivity contribution in [2.75, 3.05) is 0 Å². The lowest BCUT2D eigenvalue weighted by Crippen LogP contribution is -1.84. The molecule has 0 bridgehead atoms. The van der Waals surface area contributed by atoms with Crippen LogP contribution in [0.2, 0.25) is 5.15 Å². The Kier molecular flexibility index (Phi) is 1.93. The van der Waals surface area contributed by atoms with Crippen LogP contribution in [0.25, 0.3) is 4.85 Å². The minimum Gasteiger partial charge on any atom is -0.312 e. The van der Waals surface area contributed by atoms with Gasteiger partial charge in [0.05, 0.1) is 5.56 Å². The molecule has 0 saturated carbocycles. The van der Waals surface area contributed by atoms with E-state index in [1.54, 1.807) is 17.9 Å². The highest BCUT2D eigenvalue weighted by Crippen LogP contribution is 2.12. The van der Waals surface area contributed by atoms with Gasteiger partial charge in [0.25, 0.3) is 0 Å². The molecule has 1 heterocycles. The Morgan fingerprint density at radius 3 is 3.00 bits per heavy atom. The lowest BCUT2D eigenvalue weighted by Gasteiger charge is -1.79. The van der Waals surface area contributed by atoms with Gasteiger partial charge in [-0.25, -0.2) is 6.57 Å². The molecule has 0 aliphatic heterocycles. The first-order valence-corrected chi connectivity index (χ1v) is 3.13. The van der Waals surface area contributed by atoms with E-state index in [0.29, 0.717) is 11.7 Å². The Hall–Kier alpha value is -1.01. The van der Waals surface area contributed by atoms with E-state index in [1.807, 2.05) is 0 Å². The summed E-state index contributed by atoms with van der Waals surface area (Å²) in [6.45, 7) is 6.89. The van der Waals surface area contributed by atoms with Gasteiger partial charge in [-0.15, -0.1) is 0 Å². The zero-order chi connectivity index (χ0) is 7.56. The van der Waals surface area contributed by atoms with Gasteiger partial charge in [-0.05, 0) is 0 Å². The van der Waals surface area contributed by atoms with Crippen LogP contribution in [0.5, 0.6) is 0 Å². The molecule has 1 aromatic rings. The van der Waals surface area contributed by atoms with Gasteiger partial charge < -0.3 is 4.85 Å². The van der Waals surface area contributed by atoms with Crippen molar-refractivity contribution in [2.45, 2.75) is 6.54 Å². The maximum Gasteiger partial charge on any atom is 0.244 e. The van der Waals surface area contributed by atoms with Crippen LogP contribution in [0, 0.1) is 6.57 Å². The van der Waals surface area contributed by atoms with Crippen LogP contribution in [0.1, 0.15) is 5.56 Å². The topological polar surface area (TPSA) is 22.2 Å². The van der Waals surface area contributed by atoms with Crippen molar-refractivity contribution < 1.29 is 0 Å². The van der Waals surface area contributed by atoms with E-state index < -0.39 is 0 Å². The van der Waals surface area contributed by atoms with Crippen LogP contribution >= 0.6 is 11.6 Å². The first-order chi connectivity index (χ1) is 4.74. The second-order valence-corrected chi connectivity index (χ2v) is 2.29. The number of halogens is 1. The number of nitrogens with zero attached hydrogens (tertiary/aromatic N) is 3. The molecular formula is C6H6ClN3. The average Bonchev–Trinajstić information content (AvgIpc) is 2.13. The fourth-order valence-electron chi connectivity index (χ4n) is 0.702. The molecule has 0 aliphatic rings. The average molecular weight is 156 g/mol. The van der Waals surface area contributed by atoms with Crippen molar-refractivity contribution in [3.63, 3.8) is 0 Å². The summed E-state index contributed by atoms with van der Waals surface area (Å²) in [5.74, 6) is 0. The van der Waals surface area contributed by atoms with Gasteiger partial charge in [-0.2, -0.15) is 5.10 Å². The Morgan fingerprint density at radius 1 is 1.90 bits per heavy atom. The minimum absolute atomic E-state index is 0.312. The third kappa shape index (κ3) is 1.28. The van der Waals surface area contributed by atoms with Gasteiger partial charge in [0.15, 0.2) is 5.15 Å². The van der Waals surface area contributed by atoms with Crippen molar-refractivity contribution in [1.82, 2.24) is 9.78 Å². The van der Waals surface area contributed by atoms with Crippen molar-refractivity contribution in [3.05, 3.63) is 28.3 Å². The zero-order valence-electron chi connectivity index (χ0n) is 5.50. The number of hydrogen-bond donors (Lipinski definition) is 0. The van der Waals surface area contributed by atoms with Crippen molar-refractivity contribution in [3.8, 4) is 0 Å². The molecule has 0 spiro atoms. The monoisotopic (exact) mass is 155 g/mol. The first kappa shape index (κ1) is 7.10. The van der Waals surface area contributed by atoms with Gasteiger partial charge in [-0.3, -0.25) is 4.68 Å². The third-order valence-corrected chi connectivity index (χ3v) is 1.42. The first-order valence-electron chi connectivity index (χ1n) is 2.75. The molecule has 0 fully saturated rings. The molecule has 52 valence electrons. The Morgan fingerprint density at radius 2 is 2.60 bits per heavy atom. The Labute approximate surface area is 64.0 Å². The molecular weight excluding hydrogens is 150 g/mol. The van der Waals surface area contributed by atoms with Crippen molar-refractivity contribution in [2.24, 2.45) is 7.05 Å². The second kappa shape index (κ2) is 2.72. The fraction of sp³-hybridized carbons (Fsp3) is 0.333. The molecule has 10 heavy (non-hydrogen) atoms. The van der Waals surface area contributed by atoms with E-state index in [4.69, 9.17) is 18.2 Å². The highest BCUT2D eigenvalue weighted by molar-refractivity contribution is 6.30. The lowest BCUT2D eigenvalue weighted by atomic mass is 10.4. The molecule has 0 radical (unpaired) electrons. The fourth-order valence-corrected chi connectivity index (χ4v) is 0.929. The summed E-state index contributed by atoms with van der Waals surface area (Å²) in [6, 6.07) is 0. The zero-order valence-corrected chi connectivity index (χ0v) is 6.26. The number of rotatable bonds is 1. The van der Waals surface area contributed by atoms with Gasteiger partial charge in [-0.1, -0.05) is 11.6 Å². The van der Waals surface area contributed by atoms with Gasteiger partial charge in [0.1, 0.15) is 0 Å². The van der Waals surface area contributed by atoms with E-state index in [1.165, 1.54) is 0 Å². The smallest absolute Gasteiger partial charge is 0.244 e. The molecule has 4 heteroatoms. The van der Waals surface area contributed by atoms with Gasteiger partial charge in [0.2, 0.25) is 6.54 Å². The van der Waals surface area contributed by atoms with Crippen LogP contribution in [-0.2, 0) is 13.6 Å². The Balaban J connectivity index is 2.94. The third-order valence-electron chi connectivity index (χ3n) is 1.10. The molecule has 0 saturated heterocycles. The molecule has 1 aromatic heterocycles. The lowest BCUT2D eigenvalue weighted by molar-refractivity contribution is 0.767. The largest absolute Gasteiger partial charge is 0.312 e. The normalized spacial score (nSPS) is 9.30. The molecule has 0 aliphatic carbocycles. The quantitative estimate of drug-likeness (QED) is 0.564. The highest BCUT2D eigenvalue weighted by Gasteiger charge is 2.05. The SMILES string of the molecule is [C-]#[N+]Cc1cn(C)nc1Cl. The molecule has 3 nitrogen and oxygen atoms in total. The predicted octanol–water partition coefficient (Wildman–Crippen LogP) is 1.49. The Bertz CT molecular complexity index is 271. The summed E-state index contributed by atoms with van der Waals surface area (Å²) in [6.07, 6.45) is 1.75. The number of aromatic nitrogens is 2. The van der Waals surface area contributed by atoms with Gasteiger partial charge >= 0.3 is 0 Å². The summed E-state index contributed by atoms with van der Waals surface area (Å²) in [5, 5.41) is 4.30. The second-order valence-electron chi connectivity index (χ2n) is 1.94. The summed E-state index contributed by atoms with van der Waals surface area (Å²) in [7, 11) is 1.78. The highest BCUT2D eigenvalue weighted by atomic mass is 35.5. The summed E-state index contributed by atoms with van der Waals surface area (Å²) < 4.78 is 1.60. The standard InChI is InChI=1S/C6H6ClN3/c1-8-3-5-4-10(2)9-6(5)7/h4H,3H2,2H3.